The smallest absolute Gasteiger partial charge is 0.220 e. The molecule has 0 bridgehead atoms. The molecule has 2 rings (SSSR count). The van der Waals surface area contributed by atoms with Crippen LogP contribution in [0.2, 0.25) is 0 Å². The minimum absolute atomic E-state index is 0.0148. The largest absolute Gasteiger partial charge is 0.370 e. The number of nitrogens with zero attached hydrogens (tertiary/aromatic N) is 4. The van der Waals surface area contributed by atoms with E-state index in [1.54, 1.807) is 12.3 Å². The molecule has 2 heterocycles. The molecule has 0 saturated carbocycles. The van der Waals surface area contributed by atoms with E-state index in [9.17, 15) is 4.79 Å². The SMILES string of the molecule is CCCCCN=C(N)Nc1nc(-c2nccc(CNC(=O)CC)n2)cs1. The fraction of sp³-hybridized carbons (Fsp3) is 0.471. The van der Waals surface area contributed by atoms with E-state index in [0.717, 1.165) is 25.0 Å². The number of nitrogens with two attached hydrogens (primary N) is 1. The van der Waals surface area contributed by atoms with Gasteiger partial charge >= 0.3 is 0 Å². The van der Waals surface area contributed by atoms with Gasteiger partial charge in [-0.2, -0.15) is 0 Å². The molecule has 0 radical (unpaired) electrons. The molecular formula is C17H25N7OS. The lowest BCUT2D eigenvalue weighted by molar-refractivity contribution is -0.120. The summed E-state index contributed by atoms with van der Waals surface area (Å²) in [5.41, 5.74) is 7.26. The Kier molecular flexibility index (Phi) is 7.94. The highest BCUT2D eigenvalue weighted by atomic mass is 32.1. The fourth-order valence-electron chi connectivity index (χ4n) is 2.08. The molecule has 0 unspecified atom stereocenters. The van der Waals surface area contributed by atoms with Crippen LogP contribution in [-0.2, 0) is 11.3 Å². The first-order valence-corrected chi connectivity index (χ1v) is 9.61. The van der Waals surface area contributed by atoms with Crippen molar-refractivity contribution in [3.8, 4) is 11.5 Å². The number of anilines is 1. The Labute approximate surface area is 157 Å². The van der Waals surface area contributed by atoms with Gasteiger partial charge in [-0.25, -0.2) is 15.0 Å². The number of guanidine groups is 1. The molecule has 4 N–H and O–H groups in total. The summed E-state index contributed by atoms with van der Waals surface area (Å²) in [4.78, 5) is 28.8. The van der Waals surface area contributed by atoms with Gasteiger partial charge in [0.05, 0.1) is 12.2 Å². The second kappa shape index (κ2) is 10.4. The maximum atomic E-state index is 11.4. The van der Waals surface area contributed by atoms with Crippen molar-refractivity contribution in [2.24, 2.45) is 10.7 Å². The van der Waals surface area contributed by atoms with Crippen molar-refractivity contribution >= 4 is 28.3 Å². The van der Waals surface area contributed by atoms with Crippen LogP contribution in [0.5, 0.6) is 0 Å². The van der Waals surface area contributed by atoms with Crippen molar-refractivity contribution in [1.82, 2.24) is 20.3 Å². The summed E-state index contributed by atoms with van der Waals surface area (Å²) in [6, 6.07) is 1.77. The Morgan fingerprint density at radius 1 is 1.31 bits per heavy atom. The van der Waals surface area contributed by atoms with E-state index in [-0.39, 0.29) is 5.91 Å². The van der Waals surface area contributed by atoms with E-state index in [1.807, 2.05) is 12.3 Å². The van der Waals surface area contributed by atoms with Crippen LogP contribution in [-0.4, -0.2) is 33.4 Å². The lowest BCUT2D eigenvalue weighted by atomic mass is 10.2. The monoisotopic (exact) mass is 375 g/mol. The first kappa shape index (κ1) is 19.8. The Hall–Kier alpha value is -2.55. The molecule has 2 aromatic heterocycles. The molecule has 2 aromatic rings. The molecule has 0 saturated heterocycles. The van der Waals surface area contributed by atoms with Gasteiger partial charge in [0.15, 0.2) is 16.9 Å². The summed E-state index contributed by atoms with van der Waals surface area (Å²) < 4.78 is 0. The van der Waals surface area contributed by atoms with Gasteiger partial charge < -0.3 is 16.4 Å². The number of hydrogen-bond acceptors (Lipinski definition) is 6. The van der Waals surface area contributed by atoms with Gasteiger partial charge in [-0.15, -0.1) is 11.3 Å². The number of carbonyl (C=O) groups excluding carboxylic acids is 1. The predicted molar refractivity (Wildman–Crippen MR) is 105 cm³/mol. The molecule has 0 aromatic carbocycles. The van der Waals surface area contributed by atoms with E-state index < -0.39 is 0 Å². The van der Waals surface area contributed by atoms with Crippen molar-refractivity contribution in [2.75, 3.05) is 11.9 Å². The number of amides is 1. The minimum Gasteiger partial charge on any atom is -0.370 e. The zero-order chi connectivity index (χ0) is 18.8. The summed E-state index contributed by atoms with van der Waals surface area (Å²) in [5.74, 6) is 0.856. The number of rotatable bonds is 9. The van der Waals surface area contributed by atoms with Crippen LogP contribution in [0.15, 0.2) is 22.6 Å². The Morgan fingerprint density at radius 2 is 2.15 bits per heavy atom. The number of carbonyl (C=O) groups is 1. The molecule has 0 atom stereocenters. The van der Waals surface area contributed by atoms with Crippen LogP contribution in [0, 0.1) is 0 Å². The number of thiazole rings is 1. The Morgan fingerprint density at radius 3 is 2.92 bits per heavy atom. The third-order valence-corrected chi connectivity index (χ3v) is 4.27. The zero-order valence-electron chi connectivity index (χ0n) is 15.2. The normalized spacial score (nSPS) is 11.4. The number of hydrogen-bond donors (Lipinski definition) is 3. The first-order chi connectivity index (χ1) is 12.6. The third kappa shape index (κ3) is 6.40. The zero-order valence-corrected chi connectivity index (χ0v) is 16.0. The number of unbranched alkanes of at least 4 members (excludes halogenated alkanes) is 2. The highest BCUT2D eigenvalue weighted by molar-refractivity contribution is 7.14. The average Bonchev–Trinajstić information content (AvgIpc) is 3.12. The van der Waals surface area contributed by atoms with E-state index in [0.29, 0.717) is 42.1 Å². The number of nitrogens with one attached hydrogen (secondary N) is 2. The van der Waals surface area contributed by atoms with E-state index >= 15 is 0 Å². The van der Waals surface area contributed by atoms with Gasteiger partial charge in [-0.1, -0.05) is 26.7 Å². The first-order valence-electron chi connectivity index (χ1n) is 8.73. The highest BCUT2D eigenvalue weighted by Gasteiger charge is 2.09. The second-order valence-electron chi connectivity index (χ2n) is 5.64. The van der Waals surface area contributed by atoms with Crippen molar-refractivity contribution < 1.29 is 4.79 Å². The van der Waals surface area contributed by atoms with Crippen molar-refractivity contribution in [3.63, 3.8) is 0 Å². The summed E-state index contributed by atoms with van der Waals surface area (Å²) in [7, 11) is 0. The predicted octanol–water partition coefficient (Wildman–Crippen LogP) is 2.54. The molecule has 0 spiro atoms. The third-order valence-electron chi connectivity index (χ3n) is 3.51. The van der Waals surface area contributed by atoms with E-state index in [1.165, 1.54) is 11.3 Å². The van der Waals surface area contributed by atoms with Crippen molar-refractivity contribution in [2.45, 2.75) is 46.1 Å². The summed E-state index contributed by atoms with van der Waals surface area (Å²) >= 11 is 1.41. The Bertz CT molecular complexity index is 744. The maximum Gasteiger partial charge on any atom is 0.220 e. The Balaban J connectivity index is 1.97. The molecule has 0 fully saturated rings. The summed E-state index contributed by atoms with van der Waals surface area (Å²) in [6.45, 7) is 5.04. The van der Waals surface area contributed by atoms with Crippen LogP contribution < -0.4 is 16.4 Å². The summed E-state index contributed by atoms with van der Waals surface area (Å²) in [6.07, 6.45) is 5.42. The van der Waals surface area contributed by atoms with Gasteiger partial charge in [0.1, 0.15) is 5.69 Å². The maximum absolute atomic E-state index is 11.4. The van der Waals surface area contributed by atoms with E-state index in [4.69, 9.17) is 5.73 Å². The summed E-state index contributed by atoms with van der Waals surface area (Å²) in [5, 5.41) is 8.29. The van der Waals surface area contributed by atoms with Gasteiger partial charge in [0.2, 0.25) is 5.91 Å². The van der Waals surface area contributed by atoms with Gasteiger partial charge in [0.25, 0.3) is 0 Å². The van der Waals surface area contributed by atoms with Gasteiger partial charge in [-0.3, -0.25) is 9.79 Å². The number of aliphatic imine (C=N–C) groups is 1. The van der Waals surface area contributed by atoms with E-state index in [2.05, 4.69) is 37.5 Å². The lowest BCUT2D eigenvalue weighted by Gasteiger charge is -2.04. The number of aromatic nitrogens is 3. The van der Waals surface area contributed by atoms with Crippen molar-refractivity contribution in [1.29, 1.82) is 0 Å². The molecule has 8 nitrogen and oxygen atoms in total. The fourth-order valence-corrected chi connectivity index (χ4v) is 2.77. The molecular weight excluding hydrogens is 350 g/mol. The highest BCUT2D eigenvalue weighted by Crippen LogP contribution is 2.22. The van der Waals surface area contributed by atoms with Crippen LogP contribution in [0.25, 0.3) is 11.5 Å². The van der Waals surface area contributed by atoms with Crippen LogP contribution in [0.3, 0.4) is 0 Å². The molecule has 0 aliphatic rings. The molecule has 0 aliphatic carbocycles. The molecule has 1 amide bonds. The molecule has 140 valence electrons. The average molecular weight is 376 g/mol. The van der Waals surface area contributed by atoms with Crippen LogP contribution in [0.4, 0.5) is 5.13 Å². The standard InChI is InChI=1S/C17H25N7OS/c1-3-5-6-8-20-16(18)24-17-23-13(11-26-17)15-19-9-7-12(22-15)10-21-14(25)4-2/h7,9,11H,3-6,8,10H2,1-2H3,(H,21,25)(H3,18,20,23,24). The topological polar surface area (TPSA) is 118 Å². The molecule has 9 heteroatoms. The van der Waals surface area contributed by atoms with Gasteiger partial charge in [0, 0.05) is 24.5 Å². The quantitative estimate of drug-likeness (QED) is 0.352. The van der Waals surface area contributed by atoms with Crippen LogP contribution in [0.1, 0.15) is 45.2 Å². The minimum atomic E-state index is -0.0148. The molecule has 0 aliphatic heterocycles. The van der Waals surface area contributed by atoms with Crippen molar-refractivity contribution in [3.05, 3.63) is 23.3 Å². The lowest BCUT2D eigenvalue weighted by Crippen LogP contribution is -2.22. The second-order valence-corrected chi connectivity index (χ2v) is 6.50. The van der Waals surface area contributed by atoms with Crippen LogP contribution >= 0.6 is 11.3 Å². The molecule has 26 heavy (non-hydrogen) atoms. The van der Waals surface area contributed by atoms with Gasteiger partial charge in [-0.05, 0) is 12.5 Å².